The van der Waals surface area contributed by atoms with Crippen molar-refractivity contribution in [1.29, 1.82) is 0 Å². The van der Waals surface area contributed by atoms with E-state index >= 15 is 0 Å². The molecular formula is C13H21NO2S. The molecule has 0 radical (unpaired) electrons. The fourth-order valence-corrected chi connectivity index (χ4v) is 2.99. The van der Waals surface area contributed by atoms with E-state index in [1.807, 2.05) is 13.0 Å². The number of hydrogen-bond donors (Lipinski definition) is 2. The molecule has 0 aromatic rings. The number of hydrogen-bond acceptors (Lipinski definition) is 3. The number of rotatable bonds is 6. The van der Waals surface area contributed by atoms with Crippen LogP contribution in [0.1, 0.15) is 26.7 Å². The number of carbonyl (C=O) groups excluding carboxylic acids is 1. The minimum Gasteiger partial charge on any atom is -0.387 e. The van der Waals surface area contributed by atoms with Crippen LogP contribution in [-0.4, -0.2) is 34.2 Å². The first-order valence-electron chi connectivity index (χ1n) is 6.03. The lowest BCUT2D eigenvalue weighted by Crippen LogP contribution is -2.56. The van der Waals surface area contributed by atoms with Crippen LogP contribution in [0, 0.1) is 0 Å². The second kappa shape index (κ2) is 6.87. The molecule has 1 aliphatic rings. The van der Waals surface area contributed by atoms with Gasteiger partial charge in [-0.25, -0.2) is 0 Å². The summed E-state index contributed by atoms with van der Waals surface area (Å²) < 4.78 is 0. The van der Waals surface area contributed by atoms with Crippen LogP contribution in [0.25, 0.3) is 0 Å². The molecule has 17 heavy (non-hydrogen) atoms. The summed E-state index contributed by atoms with van der Waals surface area (Å²) in [4.78, 5) is 11.4. The van der Waals surface area contributed by atoms with Crippen LogP contribution in [0.2, 0.25) is 0 Å². The van der Waals surface area contributed by atoms with Gasteiger partial charge in [0.25, 0.3) is 0 Å². The van der Waals surface area contributed by atoms with Crippen LogP contribution in [0.15, 0.2) is 24.3 Å². The van der Waals surface area contributed by atoms with E-state index in [1.54, 1.807) is 23.9 Å². The maximum atomic E-state index is 11.4. The molecular weight excluding hydrogens is 234 g/mol. The van der Waals surface area contributed by atoms with Gasteiger partial charge in [0.2, 0.25) is 5.91 Å². The first-order chi connectivity index (χ1) is 8.12. The lowest BCUT2D eigenvalue weighted by atomic mass is 9.79. The Morgan fingerprint density at radius 2 is 2.35 bits per heavy atom. The smallest absolute Gasteiger partial charge is 0.244 e. The first-order valence-corrected chi connectivity index (χ1v) is 7.08. The quantitative estimate of drug-likeness (QED) is 0.563. The molecule has 0 aliphatic heterocycles. The van der Waals surface area contributed by atoms with Gasteiger partial charge in [0, 0.05) is 17.9 Å². The van der Waals surface area contributed by atoms with Crippen molar-refractivity contribution in [2.45, 2.75) is 37.5 Å². The highest BCUT2D eigenvalue weighted by molar-refractivity contribution is 8.00. The maximum Gasteiger partial charge on any atom is 0.244 e. The van der Waals surface area contributed by atoms with E-state index in [4.69, 9.17) is 0 Å². The lowest BCUT2D eigenvalue weighted by molar-refractivity contribution is -0.118. The standard InChI is InChI=1S/C13H21NO2S/c1-3-5-6-7-12(15)14-10-13(16)9-8-11(13)17-4-2/h3,5-7,11,16H,4,8-10H2,1-2H3,(H,14,15)/b5-3+,7-6+/t11-,13-/m1/s1. The molecule has 1 fully saturated rings. The molecule has 0 heterocycles. The number of allylic oxidation sites excluding steroid dienone is 3. The Hall–Kier alpha value is -0.740. The molecule has 0 aromatic heterocycles. The molecule has 0 spiro atoms. The minimum atomic E-state index is -0.704. The fraction of sp³-hybridized carbons (Fsp3) is 0.615. The van der Waals surface area contributed by atoms with Gasteiger partial charge in [-0.2, -0.15) is 11.8 Å². The summed E-state index contributed by atoms with van der Waals surface area (Å²) in [7, 11) is 0. The van der Waals surface area contributed by atoms with E-state index in [1.165, 1.54) is 6.08 Å². The predicted octanol–water partition coefficient (Wildman–Crippen LogP) is 1.88. The van der Waals surface area contributed by atoms with Gasteiger partial charge in [-0.3, -0.25) is 4.79 Å². The lowest BCUT2D eigenvalue weighted by Gasteiger charge is -2.44. The average Bonchev–Trinajstić information content (AvgIpc) is 2.32. The first kappa shape index (κ1) is 14.3. The molecule has 96 valence electrons. The second-order valence-corrected chi connectivity index (χ2v) is 5.67. The number of aliphatic hydroxyl groups is 1. The third-order valence-electron chi connectivity index (χ3n) is 2.93. The van der Waals surface area contributed by atoms with Crippen molar-refractivity contribution >= 4 is 17.7 Å². The van der Waals surface area contributed by atoms with Gasteiger partial charge in [-0.1, -0.05) is 25.2 Å². The van der Waals surface area contributed by atoms with Crippen LogP contribution >= 0.6 is 11.8 Å². The number of carbonyl (C=O) groups is 1. The van der Waals surface area contributed by atoms with Crippen molar-refractivity contribution < 1.29 is 9.90 Å². The van der Waals surface area contributed by atoms with Gasteiger partial charge in [0.15, 0.2) is 0 Å². The molecule has 2 N–H and O–H groups in total. The molecule has 0 aromatic carbocycles. The summed E-state index contributed by atoms with van der Waals surface area (Å²) in [6, 6.07) is 0. The van der Waals surface area contributed by atoms with Crippen molar-refractivity contribution in [1.82, 2.24) is 5.32 Å². The second-order valence-electron chi connectivity index (χ2n) is 4.19. The summed E-state index contributed by atoms with van der Waals surface area (Å²) in [6.07, 6.45) is 8.65. The van der Waals surface area contributed by atoms with Gasteiger partial charge in [-0.05, 0) is 25.5 Å². The highest BCUT2D eigenvalue weighted by atomic mass is 32.2. The Balaban J connectivity index is 2.32. The maximum absolute atomic E-state index is 11.4. The van der Waals surface area contributed by atoms with Crippen LogP contribution < -0.4 is 5.32 Å². The Labute approximate surface area is 107 Å². The molecule has 0 unspecified atom stereocenters. The Kier molecular flexibility index (Phi) is 5.78. The van der Waals surface area contributed by atoms with Crippen molar-refractivity contribution in [3.8, 4) is 0 Å². The van der Waals surface area contributed by atoms with Crippen molar-refractivity contribution in [2.75, 3.05) is 12.3 Å². The minimum absolute atomic E-state index is 0.149. The summed E-state index contributed by atoms with van der Waals surface area (Å²) in [5.41, 5.74) is -0.704. The monoisotopic (exact) mass is 255 g/mol. The fourth-order valence-electron chi connectivity index (χ4n) is 1.79. The molecule has 3 nitrogen and oxygen atoms in total. The van der Waals surface area contributed by atoms with Crippen LogP contribution in [0.5, 0.6) is 0 Å². The highest BCUT2D eigenvalue weighted by Gasteiger charge is 2.45. The zero-order chi connectivity index (χ0) is 12.7. The van der Waals surface area contributed by atoms with E-state index in [2.05, 4.69) is 12.2 Å². The van der Waals surface area contributed by atoms with E-state index in [0.29, 0.717) is 6.54 Å². The predicted molar refractivity (Wildman–Crippen MR) is 73.1 cm³/mol. The summed E-state index contributed by atoms with van der Waals surface area (Å²) in [6.45, 7) is 4.33. The Bertz CT molecular complexity index is 315. The zero-order valence-electron chi connectivity index (χ0n) is 10.5. The Morgan fingerprint density at radius 1 is 1.59 bits per heavy atom. The zero-order valence-corrected chi connectivity index (χ0v) is 11.3. The number of nitrogens with one attached hydrogen (secondary N) is 1. The van der Waals surface area contributed by atoms with Crippen LogP contribution in [-0.2, 0) is 4.79 Å². The molecule has 1 saturated carbocycles. The summed E-state index contributed by atoms with van der Waals surface area (Å²) in [5, 5.41) is 13.3. The van der Waals surface area contributed by atoms with Crippen molar-refractivity contribution in [2.24, 2.45) is 0 Å². The average molecular weight is 255 g/mol. The highest BCUT2D eigenvalue weighted by Crippen LogP contribution is 2.40. The molecule has 2 atom stereocenters. The van der Waals surface area contributed by atoms with Crippen LogP contribution in [0.3, 0.4) is 0 Å². The normalized spacial score (nSPS) is 28.5. The van der Waals surface area contributed by atoms with Crippen molar-refractivity contribution in [3.63, 3.8) is 0 Å². The molecule has 0 bridgehead atoms. The molecule has 0 saturated heterocycles. The molecule has 1 aliphatic carbocycles. The van der Waals surface area contributed by atoms with Gasteiger partial charge in [-0.15, -0.1) is 0 Å². The SMILES string of the molecule is C/C=C/C=C/C(=O)NC[C@]1(O)CC[C@H]1SCC. The molecule has 1 rings (SSSR count). The van der Waals surface area contributed by atoms with E-state index < -0.39 is 5.60 Å². The van der Waals surface area contributed by atoms with Gasteiger partial charge >= 0.3 is 0 Å². The van der Waals surface area contributed by atoms with E-state index in [-0.39, 0.29) is 11.2 Å². The molecule has 1 amide bonds. The summed E-state index contributed by atoms with van der Waals surface area (Å²) in [5.74, 6) is 0.853. The molecule has 4 heteroatoms. The third-order valence-corrected chi connectivity index (χ3v) is 4.34. The topological polar surface area (TPSA) is 49.3 Å². The van der Waals surface area contributed by atoms with E-state index in [9.17, 15) is 9.90 Å². The number of thioether (sulfide) groups is 1. The number of amides is 1. The van der Waals surface area contributed by atoms with Gasteiger partial charge < -0.3 is 10.4 Å². The van der Waals surface area contributed by atoms with Gasteiger partial charge in [0.1, 0.15) is 0 Å². The summed E-state index contributed by atoms with van der Waals surface area (Å²) >= 11 is 1.77. The Morgan fingerprint density at radius 3 is 2.88 bits per heavy atom. The van der Waals surface area contributed by atoms with Gasteiger partial charge in [0.05, 0.1) is 5.60 Å². The van der Waals surface area contributed by atoms with E-state index in [0.717, 1.165) is 18.6 Å². The van der Waals surface area contributed by atoms with Crippen LogP contribution in [0.4, 0.5) is 0 Å². The largest absolute Gasteiger partial charge is 0.387 e. The van der Waals surface area contributed by atoms with Crippen molar-refractivity contribution in [3.05, 3.63) is 24.3 Å². The third kappa shape index (κ3) is 4.21.